The van der Waals surface area contributed by atoms with Crippen LogP contribution in [0, 0.1) is 6.92 Å². The lowest BCUT2D eigenvalue weighted by molar-refractivity contribution is 0.0949. The summed E-state index contributed by atoms with van der Waals surface area (Å²) in [5, 5.41) is 4.91. The summed E-state index contributed by atoms with van der Waals surface area (Å²) >= 11 is 7.64. The summed E-state index contributed by atoms with van der Waals surface area (Å²) < 4.78 is 6.02. The molecule has 0 aliphatic rings. The normalized spacial score (nSPS) is 10.9. The fraction of sp³-hybridized carbons (Fsp3) is 0.312. The first kappa shape index (κ1) is 19.7. The Bertz CT molecular complexity index is 865. The van der Waals surface area contributed by atoms with Gasteiger partial charge in [0.15, 0.2) is 5.13 Å². The smallest absolute Gasteiger partial charge is 0.298 e. The number of halogens is 2. The Hall–Kier alpha value is -1.67. The number of rotatable bonds is 5. The molecule has 0 aliphatic carbocycles. The summed E-state index contributed by atoms with van der Waals surface area (Å²) in [6.07, 6.45) is 1.46. The van der Waals surface area contributed by atoms with E-state index in [-0.39, 0.29) is 24.1 Å². The van der Waals surface area contributed by atoms with Gasteiger partial charge < -0.3 is 9.42 Å². The van der Waals surface area contributed by atoms with E-state index in [0.717, 1.165) is 15.8 Å². The largest absolute Gasteiger partial charge is 0.351 e. The highest BCUT2D eigenvalue weighted by Gasteiger charge is 2.24. The van der Waals surface area contributed by atoms with E-state index in [4.69, 9.17) is 16.1 Å². The van der Waals surface area contributed by atoms with Gasteiger partial charge in [-0.1, -0.05) is 28.1 Å². The van der Waals surface area contributed by atoms with Crippen molar-refractivity contribution in [3.63, 3.8) is 0 Å². The zero-order chi connectivity index (χ0) is 17.3. The van der Waals surface area contributed by atoms with Gasteiger partial charge in [-0.2, -0.15) is 0 Å². The Labute approximate surface area is 160 Å². The third kappa shape index (κ3) is 4.12. The van der Waals surface area contributed by atoms with Crippen molar-refractivity contribution in [1.29, 1.82) is 0 Å². The monoisotopic (exact) mass is 400 g/mol. The molecule has 2 aromatic heterocycles. The number of hydrogen-bond donors (Lipinski definition) is 0. The van der Waals surface area contributed by atoms with Crippen LogP contribution in [-0.2, 0) is 0 Å². The van der Waals surface area contributed by atoms with Crippen LogP contribution in [0.25, 0.3) is 10.2 Å². The van der Waals surface area contributed by atoms with Gasteiger partial charge in [-0.25, -0.2) is 4.98 Å². The Morgan fingerprint density at radius 3 is 2.68 bits per heavy atom. The lowest BCUT2D eigenvalue weighted by atomic mass is 10.2. The number of carbonyl (C=O) groups excluding carboxylic acids is 1. The van der Waals surface area contributed by atoms with Gasteiger partial charge >= 0.3 is 0 Å². The average Bonchev–Trinajstić information content (AvgIpc) is 3.20. The van der Waals surface area contributed by atoms with Crippen molar-refractivity contribution in [2.24, 2.45) is 0 Å². The van der Waals surface area contributed by atoms with Gasteiger partial charge in [-0.05, 0) is 38.7 Å². The molecule has 0 spiro atoms. The van der Waals surface area contributed by atoms with E-state index in [1.807, 2.05) is 38.1 Å². The van der Waals surface area contributed by atoms with Gasteiger partial charge in [0.05, 0.1) is 16.4 Å². The van der Waals surface area contributed by atoms with E-state index in [1.54, 1.807) is 11.0 Å². The highest BCUT2D eigenvalue weighted by Crippen LogP contribution is 2.34. The third-order valence-corrected chi connectivity index (χ3v) is 5.09. The number of amides is 1. The summed E-state index contributed by atoms with van der Waals surface area (Å²) in [5.74, 6) is -0.0556. The second kappa shape index (κ2) is 8.14. The molecule has 0 bridgehead atoms. The van der Waals surface area contributed by atoms with E-state index in [0.29, 0.717) is 23.2 Å². The molecule has 0 fully saturated rings. The Morgan fingerprint density at radius 1 is 1.28 bits per heavy atom. The van der Waals surface area contributed by atoms with Gasteiger partial charge in [-0.15, -0.1) is 12.4 Å². The number of aryl methyl sites for hydroxylation is 1. The predicted octanol–water partition coefficient (Wildman–Crippen LogP) is 3.88. The van der Waals surface area contributed by atoms with Crippen LogP contribution in [0.4, 0.5) is 5.13 Å². The Morgan fingerprint density at radius 2 is 2.04 bits per heavy atom. The number of nitrogens with zero attached hydrogens (tertiary/aromatic N) is 4. The van der Waals surface area contributed by atoms with Crippen LogP contribution >= 0.6 is 35.3 Å². The van der Waals surface area contributed by atoms with E-state index in [1.165, 1.54) is 17.5 Å². The molecule has 0 N–H and O–H groups in total. The first-order chi connectivity index (χ1) is 11.5. The van der Waals surface area contributed by atoms with Crippen molar-refractivity contribution in [1.82, 2.24) is 15.0 Å². The molecule has 0 aliphatic heterocycles. The second-order valence-corrected chi connectivity index (χ2v) is 7.07. The minimum Gasteiger partial charge on any atom is -0.351 e. The molecule has 134 valence electrons. The number of aromatic nitrogens is 2. The van der Waals surface area contributed by atoms with Crippen LogP contribution in [0.2, 0.25) is 5.02 Å². The minimum absolute atomic E-state index is 0. The van der Waals surface area contributed by atoms with Crippen LogP contribution in [0.1, 0.15) is 16.1 Å². The number of likely N-dealkylation sites (N-methyl/N-ethyl adjacent to an activating group) is 1. The molecule has 1 aromatic carbocycles. The molecule has 2 heterocycles. The quantitative estimate of drug-likeness (QED) is 0.650. The zero-order valence-electron chi connectivity index (χ0n) is 14.0. The van der Waals surface area contributed by atoms with Crippen LogP contribution in [0.5, 0.6) is 0 Å². The van der Waals surface area contributed by atoms with Crippen LogP contribution in [-0.4, -0.2) is 48.1 Å². The number of thiazole rings is 1. The van der Waals surface area contributed by atoms with Gasteiger partial charge in [0.1, 0.15) is 0 Å². The highest BCUT2D eigenvalue weighted by molar-refractivity contribution is 7.22. The Balaban J connectivity index is 0.00000225. The molecule has 1 amide bonds. The predicted molar refractivity (Wildman–Crippen MR) is 103 cm³/mol. The molecular weight excluding hydrogens is 383 g/mol. The molecule has 0 radical (unpaired) electrons. The third-order valence-electron chi connectivity index (χ3n) is 3.63. The molecule has 0 atom stereocenters. The zero-order valence-corrected chi connectivity index (χ0v) is 16.4. The molecule has 0 saturated heterocycles. The molecule has 9 heteroatoms. The van der Waals surface area contributed by atoms with Gasteiger partial charge in [0.25, 0.3) is 5.91 Å². The van der Waals surface area contributed by atoms with Gasteiger partial charge in [0, 0.05) is 24.2 Å². The molecule has 25 heavy (non-hydrogen) atoms. The number of benzene rings is 1. The van der Waals surface area contributed by atoms with Crippen molar-refractivity contribution in [3.05, 3.63) is 40.7 Å². The maximum Gasteiger partial charge on any atom is 0.298 e. The van der Waals surface area contributed by atoms with E-state index in [9.17, 15) is 4.79 Å². The summed E-state index contributed by atoms with van der Waals surface area (Å²) in [5.41, 5.74) is 1.74. The second-order valence-electron chi connectivity index (χ2n) is 5.65. The number of fused-ring (bicyclic) bond motifs is 1. The summed E-state index contributed by atoms with van der Waals surface area (Å²) in [6, 6.07) is 5.33. The highest BCUT2D eigenvalue weighted by atomic mass is 35.5. The van der Waals surface area contributed by atoms with E-state index < -0.39 is 0 Å². The number of carbonyl (C=O) groups is 1. The van der Waals surface area contributed by atoms with Crippen LogP contribution in [0.3, 0.4) is 0 Å². The van der Waals surface area contributed by atoms with Crippen molar-refractivity contribution >= 4 is 56.6 Å². The summed E-state index contributed by atoms with van der Waals surface area (Å²) in [4.78, 5) is 21.0. The Kier molecular flexibility index (Phi) is 6.40. The SMILES string of the molecule is Cc1c(Cl)ccc2sc(N(CCN(C)C)C(=O)c3ccno3)nc12.Cl. The maximum atomic E-state index is 12.8. The first-order valence-electron chi connectivity index (χ1n) is 7.40. The summed E-state index contributed by atoms with van der Waals surface area (Å²) in [6.45, 7) is 3.13. The van der Waals surface area contributed by atoms with Crippen molar-refractivity contribution in [2.75, 3.05) is 32.1 Å². The van der Waals surface area contributed by atoms with Crippen LogP contribution < -0.4 is 4.90 Å². The van der Waals surface area contributed by atoms with Gasteiger partial charge in [0.2, 0.25) is 5.76 Å². The van der Waals surface area contributed by atoms with Crippen molar-refractivity contribution in [3.8, 4) is 0 Å². The molecule has 3 aromatic rings. The molecule has 3 rings (SSSR count). The standard InChI is InChI=1S/C16H17ClN4O2S.ClH/c1-10-11(17)4-5-13-14(10)19-16(24-13)21(9-8-20(2)3)15(22)12-6-7-18-23-12;/h4-7H,8-9H2,1-3H3;1H. The minimum atomic E-state index is -0.253. The fourth-order valence-corrected chi connectivity index (χ4v) is 3.45. The van der Waals surface area contributed by atoms with Crippen molar-refractivity contribution in [2.45, 2.75) is 6.92 Å². The topological polar surface area (TPSA) is 62.5 Å². The van der Waals surface area contributed by atoms with E-state index in [2.05, 4.69) is 10.1 Å². The maximum absolute atomic E-state index is 12.8. The first-order valence-corrected chi connectivity index (χ1v) is 8.59. The van der Waals surface area contributed by atoms with Crippen LogP contribution in [0.15, 0.2) is 28.9 Å². The van der Waals surface area contributed by atoms with E-state index >= 15 is 0 Å². The molecule has 6 nitrogen and oxygen atoms in total. The van der Waals surface area contributed by atoms with Gasteiger partial charge in [-0.3, -0.25) is 9.69 Å². The molecule has 0 saturated carbocycles. The molecular formula is C16H18Cl2N4O2S. The number of anilines is 1. The summed E-state index contributed by atoms with van der Waals surface area (Å²) in [7, 11) is 3.92. The lowest BCUT2D eigenvalue weighted by Crippen LogP contribution is -2.36. The fourth-order valence-electron chi connectivity index (χ4n) is 2.25. The molecule has 0 unspecified atom stereocenters. The lowest BCUT2D eigenvalue weighted by Gasteiger charge is -2.20. The van der Waals surface area contributed by atoms with Crippen molar-refractivity contribution < 1.29 is 9.32 Å². The average molecular weight is 401 g/mol. The number of hydrogen-bond acceptors (Lipinski definition) is 6.